The number of nitrogens with zero attached hydrogens (tertiary/aromatic N) is 1. The van der Waals surface area contributed by atoms with Gasteiger partial charge in [-0.05, 0) is 23.3 Å². The smallest absolute Gasteiger partial charge is 0.344 e. The van der Waals surface area contributed by atoms with E-state index in [0.29, 0.717) is 10.9 Å². The molecule has 1 amide bonds. The number of benzene rings is 3. The van der Waals surface area contributed by atoms with Crippen molar-refractivity contribution in [2.75, 3.05) is 18.5 Å². The van der Waals surface area contributed by atoms with E-state index in [9.17, 15) is 9.59 Å². The van der Waals surface area contributed by atoms with E-state index < -0.39 is 18.5 Å². The third-order valence-electron chi connectivity index (χ3n) is 4.50. The van der Waals surface area contributed by atoms with E-state index in [1.165, 1.54) is 11.3 Å². The fourth-order valence-electron chi connectivity index (χ4n) is 2.93. The average molecular weight is 445 g/mol. The Morgan fingerprint density at radius 3 is 2.09 bits per heavy atom. The maximum absolute atomic E-state index is 12.0. The highest BCUT2D eigenvalue weighted by molar-refractivity contribution is 7.14. The number of hydrogen-bond donors (Lipinski definition) is 1. The van der Waals surface area contributed by atoms with Crippen molar-refractivity contribution in [3.05, 3.63) is 90.3 Å². The molecule has 1 N–H and O–H groups in total. The normalized spacial score (nSPS) is 10.4. The van der Waals surface area contributed by atoms with Gasteiger partial charge < -0.3 is 9.47 Å². The van der Waals surface area contributed by atoms with E-state index >= 15 is 0 Å². The molecule has 0 aliphatic carbocycles. The summed E-state index contributed by atoms with van der Waals surface area (Å²) in [6, 6.07) is 27.0. The number of amides is 1. The quantitative estimate of drug-likeness (QED) is 0.385. The summed E-state index contributed by atoms with van der Waals surface area (Å²) >= 11 is 1.31. The van der Waals surface area contributed by atoms with Crippen molar-refractivity contribution in [3.8, 4) is 28.1 Å². The molecule has 160 valence electrons. The maximum Gasteiger partial charge on any atom is 0.344 e. The molecule has 0 unspecified atom stereocenters. The van der Waals surface area contributed by atoms with E-state index in [1.54, 1.807) is 12.1 Å². The van der Waals surface area contributed by atoms with Crippen molar-refractivity contribution in [2.45, 2.75) is 0 Å². The summed E-state index contributed by atoms with van der Waals surface area (Å²) in [4.78, 5) is 28.3. The average Bonchev–Trinajstić information content (AvgIpc) is 3.31. The summed E-state index contributed by atoms with van der Waals surface area (Å²) in [5.41, 5.74) is 3.88. The molecule has 4 rings (SSSR count). The molecular formula is C25H20N2O4S. The Kier molecular flexibility index (Phi) is 6.89. The lowest BCUT2D eigenvalue weighted by Crippen LogP contribution is -2.23. The summed E-state index contributed by atoms with van der Waals surface area (Å²) in [5, 5.41) is 4.93. The predicted molar refractivity (Wildman–Crippen MR) is 125 cm³/mol. The first kappa shape index (κ1) is 21.3. The third-order valence-corrected chi connectivity index (χ3v) is 5.26. The van der Waals surface area contributed by atoms with Gasteiger partial charge in [0.15, 0.2) is 18.3 Å². The molecule has 3 aromatic carbocycles. The van der Waals surface area contributed by atoms with Crippen molar-refractivity contribution >= 4 is 28.3 Å². The van der Waals surface area contributed by atoms with E-state index in [1.807, 2.05) is 78.2 Å². The molecule has 4 aromatic rings. The molecule has 0 bridgehead atoms. The standard InChI is InChI=1S/C25H20N2O4S/c28-23(27-25-26-22(17-32-25)20-9-5-2-6-10-20)15-31-24(29)16-30-21-13-11-19(12-14-21)18-7-3-1-4-8-18/h1-14,17H,15-16H2,(H,26,27,28). The topological polar surface area (TPSA) is 77.5 Å². The van der Waals surface area contributed by atoms with Gasteiger partial charge in [-0.2, -0.15) is 0 Å². The van der Waals surface area contributed by atoms with Gasteiger partial charge >= 0.3 is 5.97 Å². The Balaban J connectivity index is 1.20. The summed E-state index contributed by atoms with van der Waals surface area (Å²) in [6.45, 7) is -0.692. The van der Waals surface area contributed by atoms with Crippen LogP contribution in [0.5, 0.6) is 5.75 Å². The lowest BCUT2D eigenvalue weighted by atomic mass is 10.1. The van der Waals surface area contributed by atoms with E-state index in [-0.39, 0.29) is 6.61 Å². The van der Waals surface area contributed by atoms with Crippen LogP contribution in [0.1, 0.15) is 0 Å². The molecule has 0 spiro atoms. The first-order valence-electron chi connectivity index (χ1n) is 9.92. The molecule has 6 nitrogen and oxygen atoms in total. The molecule has 0 atom stereocenters. The predicted octanol–water partition coefficient (Wildman–Crippen LogP) is 5.04. The van der Waals surface area contributed by atoms with Crippen molar-refractivity contribution < 1.29 is 19.1 Å². The maximum atomic E-state index is 12.0. The third kappa shape index (κ3) is 5.80. The highest BCUT2D eigenvalue weighted by Gasteiger charge is 2.11. The van der Waals surface area contributed by atoms with Crippen LogP contribution in [0.2, 0.25) is 0 Å². The molecule has 0 aliphatic heterocycles. The summed E-state index contributed by atoms with van der Waals surface area (Å²) in [5.74, 6) is -0.543. The number of anilines is 1. The second-order valence-electron chi connectivity index (χ2n) is 6.79. The van der Waals surface area contributed by atoms with Crippen LogP contribution in [0.3, 0.4) is 0 Å². The number of carbonyl (C=O) groups excluding carboxylic acids is 2. The molecular weight excluding hydrogens is 424 g/mol. The SMILES string of the molecule is O=C(COC(=O)COc1ccc(-c2ccccc2)cc1)Nc1nc(-c2ccccc2)cs1. The van der Waals surface area contributed by atoms with Crippen molar-refractivity contribution in [3.63, 3.8) is 0 Å². The second kappa shape index (κ2) is 10.4. The van der Waals surface area contributed by atoms with Gasteiger partial charge in [-0.1, -0.05) is 72.8 Å². The molecule has 0 radical (unpaired) electrons. The van der Waals surface area contributed by atoms with Gasteiger partial charge in [0.1, 0.15) is 5.75 Å². The van der Waals surface area contributed by atoms with Crippen molar-refractivity contribution in [2.24, 2.45) is 0 Å². The van der Waals surface area contributed by atoms with Gasteiger partial charge in [0.2, 0.25) is 0 Å². The number of nitrogens with one attached hydrogen (secondary N) is 1. The van der Waals surface area contributed by atoms with E-state index in [2.05, 4.69) is 10.3 Å². The lowest BCUT2D eigenvalue weighted by Gasteiger charge is -2.08. The van der Waals surface area contributed by atoms with Crippen LogP contribution in [-0.2, 0) is 14.3 Å². The minimum Gasteiger partial charge on any atom is -0.482 e. The zero-order valence-corrected chi connectivity index (χ0v) is 17.9. The number of esters is 1. The van der Waals surface area contributed by atoms with Crippen molar-refractivity contribution in [1.29, 1.82) is 0 Å². The molecule has 0 fully saturated rings. The van der Waals surface area contributed by atoms with Gasteiger partial charge in [0, 0.05) is 10.9 Å². The fraction of sp³-hybridized carbons (Fsp3) is 0.0800. The van der Waals surface area contributed by atoms with Crippen LogP contribution in [0, 0.1) is 0 Å². The van der Waals surface area contributed by atoms with Gasteiger partial charge in [-0.15, -0.1) is 11.3 Å². The highest BCUT2D eigenvalue weighted by atomic mass is 32.1. The van der Waals surface area contributed by atoms with Crippen LogP contribution in [0.15, 0.2) is 90.3 Å². The van der Waals surface area contributed by atoms with Crippen LogP contribution in [0.4, 0.5) is 5.13 Å². The number of ether oxygens (including phenoxy) is 2. The van der Waals surface area contributed by atoms with Crippen LogP contribution in [0.25, 0.3) is 22.4 Å². The minimum absolute atomic E-state index is 0.284. The molecule has 32 heavy (non-hydrogen) atoms. The molecule has 0 saturated heterocycles. The van der Waals surface area contributed by atoms with Crippen LogP contribution in [-0.4, -0.2) is 30.1 Å². The molecule has 1 aromatic heterocycles. The Morgan fingerprint density at radius 2 is 1.41 bits per heavy atom. The number of hydrogen-bond acceptors (Lipinski definition) is 6. The lowest BCUT2D eigenvalue weighted by molar-refractivity contribution is -0.149. The monoisotopic (exact) mass is 444 g/mol. The Bertz CT molecular complexity index is 1180. The molecule has 0 aliphatic rings. The first-order chi connectivity index (χ1) is 15.7. The van der Waals surface area contributed by atoms with Gasteiger partial charge in [-0.3, -0.25) is 10.1 Å². The molecule has 0 saturated carbocycles. The van der Waals surface area contributed by atoms with E-state index in [0.717, 1.165) is 22.4 Å². The number of carbonyl (C=O) groups is 2. The number of thiazole rings is 1. The number of aromatic nitrogens is 1. The second-order valence-corrected chi connectivity index (χ2v) is 7.65. The van der Waals surface area contributed by atoms with Gasteiger partial charge in [0.25, 0.3) is 5.91 Å². The minimum atomic E-state index is -0.628. The Morgan fingerprint density at radius 1 is 0.781 bits per heavy atom. The van der Waals surface area contributed by atoms with Crippen LogP contribution >= 0.6 is 11.3 Å². The van der Waals surface area contributed by atoms with Crippen molar-refractivity contribution in [1.82, 2.24) is 4.98 Å². The summed E-state index contributed by atoms with van der Waals surface area (Å²) < 4.78 is 10.4. The Hall–Kier alpha value is -3.97. The number of rotatable bonds is 8. The Labute approximate surface area is 189 Å². The summed E-state index contributed by atoms with van der Waals surface area (Å²) in [7, 11) is 0. The van der Waals surface area contributed by atoms with Gasteiger partial charge in [-0.25, -0.2) is 9.78 Å². The summed E-state index contributed by atoms with van der Waals surface area (Å²) in [6.07, 6.45) is 0. The highest BCUT2D eigenvalue weighted by Crippen LogP contribution is 2.24. The largest absolute Gasteiger partial charge is 0.482 e. The fourth-order valence-corrected chi connectivity index (χ4v) is 3.67. The van der Waals surface area contributed by atoms with Crippen LogP contribution < -0.4 is 10.1 Å². The zero-order chi connectivity index (χ0) is 22.2. The first-order valence-corrected chi connectivity index (χ1v) is 10.8. The zero-order valence-electron chi connectivity index (χ0n) is 17.1. The molecule has 7 heteroatoms. The van der Waals surface area contributed by atoms with Gasteiger partial charge in [0.05, 0.1) is 5.69 Å². The van der Waals surface area contributed by atoms with E-state index in [4.69, 9.17) is 9.47 Å². The molecule has 1 heterocycles.